The Bertz CT molecular complexity index is 685. The molecule has 0 unspecified atom stereocenters. The van der Waals surface area contributed by atoms with E-state index in [-0.39, 0.29) is 0 Å². The molecule has 3 heterocycles. The lowest BCUT2D eigenvalue weighted by atomic mass is 10.7. The van der Waals surface area contributed by atoms with Crippen molar-refractivity contribution in [2.45, 2.75) is 10.2 Å². The van der Waals surface area contributed by atoms with Crippen molar-refractivity contribution in [1.29, 1.82) is 0 Å². The fourth-order valence-electron chi connectivity index (χ4n) is 1.35. The van der Waals surface area contributed by atoms with E-state index >= 15 is 0 Å². The van der Waals surface area contributed by atoms with Crippen LogP contribution in [-0.4, -0.2) is 46.7 Å². The molecule has 3 aromatic heterocycles. The van der Waals surface area contributed by atoms with Gasteiger partial charge in [0.05, 0.1) is 0 Å². The largest absolute Gasteiger partial charge is 0.357 e. The first-order chi connectivity index (χ1) is 9.85. The van der Waals surface area contributed by atoms with Crippen molar-refractivity contribution in [3.8, 4) is 5.95 Å². The van der Waals surface area contributed by atoms with Crippen molar-refractivity contribution < 1.29 is 0 Å². The lowest BCUT2D eigenvalue weighted by molar-refractivity contribution is 0.760. The van der Waals surface area contributed by atoms with Gasteiger partial charge in [-0.05, 0) is 17.8 Å². The Morgan fingerprint density at radius 3 is 2.80 bits per heavy atom. The Hall–Kier alpha value is -2.62. The third-order valence-electron chi connectivity index (χ3n) is 2.20. The van der Waals surface area contributed by atoms with Gasteiger partial charge in [0, 0.05) is 13.2 Å². The standard InChI is InChI=1S/C10H9N9S/c1-11-8-16-9(19-6-13-5-15-19)18-10(17-8)20-7-2-3-12-4-14-7/h2-6H,1H3,(H,11,16,17,18). The minimum Gasteiger partial charge on any atom is -0.357 e. The normalized spacial score (nSPS) is 10.4. The summed E-state index contributed by atoms with van der Waals surface area (Å²) in [5.74, 6) is 0.834. The molecular weight excluding hydrogens is 278 g/mol. The van der Waals surface area contributed by atoms with Crippen LogP contribution in [0.3, 0.4) is 0 Å². The molecule has 3 aromatic rings. The number of rotatable bonds is 4. The third-order valence-corrected chi connectivity index (χ3v) is 3.02. The fourth-order valence-corrected chi connectivity index (χ4v) is 2.02. The quantitative estimate of drug-likeness (QED) is 0.683. The number of hydrogen-bond acceptors (Lipinski definition) is 9. The van der Waals surface area contributed by atoms with Crippen molar-refractivity contribution in [2.75, 3.05) is 12.4 Å². The molecule has 1 N–H and O–H groups in total. The van der Waals surface area contributed by atoms with E-state index in [0.717, 1.165) is 5.03 Å². The van der Waals surface area contributed by atoms with Crippen LogP contribution in [0.25, 0.3) is 5.95 Å². The van der Waals surface area contributed by atoms with Gasteiger partial charge in [-0.1, -0.05) is 0 Å². The van der Waals surface area contributed by atoms with E-state index in [4.69, 9.17) is 0 Å². The van der Waals surface area contributed by atoms with E-state index in [2.05, 4.69) is 40.3 Å². The molecule has 0 fully saturated rings. The van der Waals surface area contributed by atoms with Crippen LogP contribution in [0, 0.1) is 0 Å². The molecule has 0 radical (unpaired) electrons. The molecule has 0 aliphatic rings. The molecule has 0 amide bonds. The predicted molar refractivity (Wildman–Crippen MR) is 70.4 cm³/mol. The average molecular weight is 287 g/mol. The first-order valence-corrected chi connectivity index (χ1v) is 6.39. The van der Waals surface area contributed by atoms with Crippen molar-refractivity contribution in [3.05, 3.63) is 31.2 Å². The van der Waals surface area contributed by atoms with Gasteiger partial charge in [-0.2, -0.15) is 24.7 Å². The number of anilines is 1. The molecule has 10 heteroatoms. The summed E-state index contributed by atoms with van der Waals surface area (Å²) in [7, 11) is 1.74. The highest BCUT2D eigenvalue weighted by molar-refractivity contribution is 7.99. The monoisotopic (exact) mass is 287 g/mol. The van der Waals surface area contributed by atoms with Gasteiger partial charge < -0.3 is 5.32 Å². The Morgan fingerprint density at radius 1 is 1.15 bits per heavy atom. The second kappa shape index (κ2) is 5.57. The van der Waals surface area contributed by atoms with E-state index in [1.165, 1.54) is 35.4 Å². The Labute approximate surface area is 118 Å². The van der Waals surface area contributed by atoms with Crippen LogP contribution in [0.4, 0.5) is 5.95 Å². The van der Waals surface area contributed by atoms with Crippen LogP contribution in [-0.2, 0) is 0 Å². The minimum atomic E-state index is 0.387. The zero-order valence-electron chi connectivity index (χ0n) is 10.4. The second-order valence-corrected chi connectivity index (χ2v) is 4.47. The maximum Gasteiger partial charge on any atom is 0.257 e. The lowest BCUT2D eigenvalue weighted by Crippen LogP contribution is -2.07. The maximum atomic E-state index is 4.32. The highest BCUT2D eigenvalue weighted by Crippen LogP contribution is 2.22. The van der Waals surface area contributed by atoms with Gasteiger partial charge >= 0.3 is 0 Å². The number of nitrogens with zero attached hydrogens (tertiary/aromatic N) is 8. The van der Waals surface area contributed by atoms with Gasteiger partial charge in [0.1, 0.15) is 24.0 Å². The molecule has 0 saturated carbocycles. The Kier molecular flexibility index (Phi) is 3.46. The number of hydrogen-bond donors (Lipinski definition) is 1. The summed E-state index contributed by atoms with van der Waals surface area (Å²) in [5, 5.41) is 8.14. The van der Waals surface area contributed by atoms with E-state index < -0.39 is 0 Å². The van der Waals surface area contributed by atoms with Gasteiger partial charge in [0.25, 0.3) is 5.95 Å². The van der Waals surface area contributed by atoms with Crippen LogP contribution in [0.2, 0.25) is 0 Å². The molecule has 0 bridgehead atoms. The smallest absolute Gasteiger partial charge is 0.257 e. The summed E-state index contributed by atoms with van der Waals surface area (Å²) >= 11 is 1.31. The highest BCUT2D eigenvalue weighted by Gasteiger charge is 2.09. The van der Waals surface area contributed by atoms with Gasteiger partial charge in [-0.15, -0.1) is 0 Å². The molecule has 0 saturated heterocycles. The van der Waals surface area contributed by atoms with Gasteiger partial charge in [-0.25, -0.2) is 15.0 Å². The SMILES string of the molecule is CNc1nc(Sc2ccncn2)nc(-n2cncn2)n1. The van der Waals surface area contributed by atoms with E-state index in [0.29, 0.717) is 17.1 Å². The van der Waals surface area contributed by atoms with Crippen LogP contribution < -0.4 is 5.32 Å². The zero-order valence-corrected chi connectivity index (χ0v) is 11.2. The molecular formula is C10H9N9S. The summed E-state index contributed by atoms with van der Waals surface area (Å²) in [6.07, 6.45) is 6.07. The summed E-state index contributed by atoms with van der Waals surface area (Å²) in [4.78, 5) is 24.7. The van der Waals surface area contributed by atoms with Crippen molar-refractivity contribution in [2.24, 2.45) is 0 Å². The average Bonchev–Trinajstić information content (AvgIpc) is 3.02. The van der Waals surface area contributed by atoms with Crippen LogP contribution in [0.1, 0.15) is 0 Å². The molecule has 0 spiro atoms. The first kappa shape index (κ1) is 12.4. The second-order valence-electron chi connectivity index (χ2n) is 3.48. The van der Waals surface area contributed by atoms with Crippen molar-refractivity contribution in [3.63, 3.8) is 0 Å². The first-order valence-electron chi connectivity index (χ1n) is 5.58. The van der Waals surface area contributed by atoms with E-state index in [1.807, 2.05) is 0 Å². The number of nitrogens with one attached hydrogen (secondary N) is 1. The Balaban J connectivity index is 1.96. The Morgan fingerprint density at radius 2 is 2.10 bits per heavy atom. The molecule has 0 aliphatic heterocycles. The molecule has 0 aromatic carbocycles. The summed E-state index contributed by atoms with van der Waals surface area (Å²) in [5.41, 5.74) is 0. The predicted octanol–water partition coefficient (Wildman–Crippen LogP) is 0.435. The van der Waals surface area contributed by atoms with Crippen molar-refractivity contribution in [1.82, 2.24) is 39.7 Å². The topological polar surface area (TPSA) is 107 Å². The lowest BCUT2D eigenvalue weighted by Gasteiger charge is -2.05. The summed E-state index contributed by atoms with van der Waals surface area (Å²) in [6, 6.07) is 1.78. The van der Waals surface area contributed by atoms with Gasteiger partial charge in [0.2, 0.25) is 11.1 Å². The fraction of sp³-hybridized carbons (Fsp3) is 0.100. The molecule has 20 heavy (non-hydrogen) atoms. The zero-order chi connectivity index (χ0) is 13.8. The highest BCUT2D eigenvalue weighted by atomic mass is 32.2. The van der Waals surface area contributed by atoms with Crippen LogP contribution in [0.5, 0.6) is 0 Å². The molecule has 100 valence electrons. The molecule has 0 aliphatic carbocycles. The maximum absolute atomic E-state index is 4.32. The minimum absolute atomic E-state index is 0.387. The van der Waals surface area contributed by atoms with Crippen LogP contribution in [0.15, 0.2) is 41.4 Å². The summed E-state index contributed by atoms with van der Waals surface area (Å²) < 4.78 is 1.46. The molecule has 3 rings (SSSR count). The summed E-state index contributed by atoms with van der Waals surface area (Å²) in [6.45, 7) is 0. The van der Waals surface area contributed by atoms with Gasteiger partial charge in [0.15, 0.2) is 0 Å². The van der Waals surface area contributed by atoms with Crippen LogP contribution >= 0.6 is 11.8 Å². The van der Waals surface area contributed by atoms with Gasteiger partial charge in [-0.3, -0.25) is 0 Å². The third kappa shape index (κ3) is 2.69. The van der Waals surface area contributed by atoms with E-state index in [1.54, 1.807) is 19.3 Å². The van der Waals surface area contributed by atoms with Crippen molar-refractivity contribution >= 4 is 17.7 Å². The molecule has 9 nitrogen and oxygen atoms in total. The molecule has 0 atom stereocenters. The van der Waals surface area contributed by atoms with E-state index in [9.17, 15) is 0 Å². The number of aromatic nitrogens is 8.